The first kappa shape index (κ1) is 23.4. The van der Waals surface area contributed by atoms with E-state index in [2.05, 4.69) is 0 Å². The number of thioether (sulfide) groups is 1. The molecule has 0 bridgehead atoms. The van der Waals surface area contributed by atoms with Gasteiger partial charge in [0.05, 0.1) is 13.2 Å². The van der Waals surface area contributed by atoms with E-state index in [1.807, 2.05) is 77.3 Å². The van der Waals surface area contributed by atoms with Gasteiger partial charge in [0.25, 0.3) is 5.56 Å². The van der Waals surface area contributed by atoms with E-state index < -0.39 is 0 Å². The Morgan fingerprint density at radius 1 is 1.06 bits per heavy atom. The third-order valence-electron chi connectivity index (χ3n) is 6.33. The normalized spacial score (nSPS) is 13.8. The van der Waals surface area contributed by atoms with Crippen LogP contribution in [0.4, 0.5) is 5.69 Å². The van der Waals surface area contributed by atoms with Crippen LogP contribution in [-0.4, -0.2) is 40.3 Å². The van der Waals surface area contributed by atoms with Gasteiger partial charge >= 0.3 is 0 Å². The highest BCUT2D eigenvalue weighted by molar-refractivity contribution is 7.98. The molecule has 7 nitrogen and oxygen atoms in total. The number of hydrogen-bond donors (Lipinski definition) is 0. The first-order valence-corrected chi connectivity index (χ1v) is 12.7. The Hall–Kier alpha value is -3.36. The molecule has 1 fully saturated rings. The Morgan fingerprint density at radius 2 is 1.83 bits per heavy atom. The fourth-order valence-electron chi connectivity index (χ4n) is 4.51. The molecule has 0 saturated carbocycles. The van der Waals surface area contributed by atoms with Gasteiger partial charge in [-0.05, 0) is 29.7 Å². The van der Waals surface area contributed by atoms with Gasteiger partial charge in [0.1, 0.15) is 11.0 Å². The molecule has 0 unspecified atom stereocenters. The molecule has 0 aliphatic carbocycles. The molecule has 2 aromatic carbocycles. The van der Waals surface area contributed by atoms with Crippen LogP contribution < -0.4 is 10.5 Å². The van der Waals surface area contributed by atoms with Gasteiger partial charge in [-0.3, -0.25) is 14.2 Å². The van der Waals surface area contributed by atoms with Crippen LogP contribution in [-0.2, 0) is 28.9 Å². The Bertz CT molecular complexity index is 1410. The van der Waals surface area contributed by atoms with E-state index >= 15 is 0 Å². The summed E-state index contributed by atoms with van der Waals surface area (Å²) in [5.74, 6) is 0.844. The van der Waals surface area contributed by atoms with E-state index in [0.717, 1.165) is 35.3 Å². The van der Waals surface area contributed by atoms with E-state index in [9.17, 15) is 9.59 Å². The summed E-state index contributed by atoms with van der Waals surface area (Å²) in [4.78, 5) is 32.4. The van der Waals surface area contributed by atoms with Gasteiger partial charge in [0.15, 0.2) is 5.16 Å². The predicted molar refractivity (Wildman–Crippen MR) is 140 cm³/mol. The number of ether oxygens (including phenoxy) is 1. The summed E-state index contributed by atoms with van der Waals surface area (Å²) in [5, 5.41) is 0.668. The summed E-state index contributed by atoms with van der Waals surface area (Å²) in [7, 11) is 3.52. The zero-order valence-corrected chi connectivity index (χ0v) is 20.8. The molecule has 180 valence electrons. The van der Waals surface area contributed by atoms with Crippen molar-refractivity contribution in [3.8, 4) is 11.1 Å². The molecule has 1 aliphatic rings. The van der Waals surface area contributed by atoms with Gasteiger partial charge in [0, 0.05) is 50.3 Å². The average molecular weight is 489 g/mol. The second-order valence-electron chi connectivity index (χ2n) is 8.66. The van der Waals surface area contributed by atoms with E-state index in [0.29, 0.717) is 41.5 Å². The summed E-state index contributed by atoms with van der Waals surface area (Å²) >= 11 is 1.54. The molecule has 2 aromatic heterocycles. The standard InChI is InChI=1S/C27H28N4O3S/c1-29-17-22(20-7-4-3-5-8-20)24-25(29)26(33)31(15-16-34-2)27(28-24)35-18-19-10-12-21(13-11-19)30-14-6-9-23(30)32/h3-5,7-8,10-13,17H,6,9,14-16,18H2,1-2H3. The number of anilines is 1. The van der Waals surface area contributed by atoms with Crippen molar-refractivity contribution in [2.75, 3.05) is 25.2 Å². The fraction of sp³-hybridized carbons (Fsp3) is 0.296. The molecule has 0 atom stereocenters. The SMILES string of the molecule is COCCn1c(SCc2ccc(N3CCCC3=O)cc2)nc2c(-c3ccccc3)cn(C)c2c1=O. The van der Waals surface area contributed by atoms with Crippen LogP contribution in [0.25, 0.3) is 22.2 Å². The Kier molecular flexibility index (Phi) is 6.74. The molecule has 1 amide bonds. The highest BCUT2D eigenvalue weighted by Crippen LogP contribution is 2.30. The third-order valence-corrected chi connectivity index (χ3v) is 7.38. The Morgan fingerprint density at radius 3 is 2.51 bits per heavy atom. The molecule has 3 heterocycles. The van der Waals surface area contributed by atoms with Crippen LogP contribution >= 0.6 is 11.8 Å². The molecule has 0 radical (unpaired) electrons. The van der Waals surface area contributed by atoms with Crippen LogP contribution in [0.15, 0.2) is 70.7 Å². The predicted octanol–water partition coefficient (Wildman–Crippen LogP) is 4.47. The smallest absolute Gasteiger partial charge is 0.278 e. The van der Waals surface area contributed by atoms with Crippen molar-refractivity contribution in [1.29, 1.82) is 0 Å². The van der Waals surface area contributed by atoms with E-state index in [1.165, 1.54) is 11.8 Å². The number of carbonyl (C=O) groups is 1. The topological polar surface area (TPSA) is 69.4 Å². The molecule has 4 aromatic rings. The highest BCUT2D eigenvalue weighted by Gasteiger charge is 2.22. The first-order valence-electron chi connectivity index (χ1n) is 11.7. The number of fused-ring (bicyclic) bond motifs is 1. The number of aromatic nitrogens is 3. The van der Waals surface area contributed by atoms with Crippen LogP contribution in [0.3, 0.4) is 0 Å². The lowest BCUT2D eigenvalue weighted by Crippen LogP contribution is -2.26. The van der Waals surface area contributed by atoms with E-state index in [4.69, 9.17) is 9.72 Å². The Balaban J connectivity index is 1.48. The summed E-state index contributed by atoms with van der Waals surface area (Å²) in [6.45, 7) is 1.64. The third kappa shape index (κ3) is 4.63. The van der Waals surface area contributed by atoms with Gasteiger partial charge in [-0.2, -0.15) is 0 Å². The molecular formula is C27H28N4O3S. The number of carbonyl (C=O) groups excluding carboxylic acids is 1. The van der Waals surface area contributed by atoms with E-state index in [1.54, 1.807) is 11.7 Å². The minimum absolute atomic E-state index is 0.0675. The van der Waals surface area contributed by atoms with Crippen LogP contribution in [0, 0.1) is 0 Å². The van der Waals surface area contributed by atoms with Gasteiger partial charge < -0.3 is 14.2 Å². The zero-order chi connectivity index (χ0) is 24.4. The monoisotopic (exact) mass is 488 g/mol. The second kappa shape index (κ2) is 10.1. The van der Waals surface area contributed by atoms with Crippen molar-refractivity contribution in [2.24, 2.45) is 7.05 Å². The maximum absolute atomic E-state index is 13.6. The number of nitrogens with zero attached hydrogens (tertiary/aromatic N) is 4. The number of benzene rings is 2. The Labute approximate surface area is 208 Å². The first-order chi connectivity index (χ1) is 17.1. The molecule has 8 heteroatoms. The lowest BCUT2D eigenvalue weighted by atomic mass is 10.1. The van der Waals surface area contributed by atoms with Gasteiger partial charge in [-0.15, -0.1) is 0 Å². The summed E-state index contributed by atoms with van der Waals surface area (Å²) in [5.41, 5.74) is 5.25. The maximum atomic E-state index is 13.6. The minimum Gasteiger partial charge on any atom is -0.383 e. The average Bonchev–Trinajstić information content (AvgIpc) is 3.46. The highest BCUT2D eigenvalue weighted by atomic mass is 32.2. The fourth-order valence-corrected chi connectivity index (χ4v) is 5.48. The maximum Gasteiger partial charge on any atom is 0.278 e. The van der Waals surface area contributed by atoms with Gasteiger partial charge in [-0.25, -0.2) is 4.98 Å². The van der Waals surface area contributed by atoms with Crippen molar-refractivity contribution in [3.63, 3.8) is 0 Å². The molecular weight excluding hydrogens is 460 g/mol. The molecule has 1 saturated heterocycles. The number of amides is 1. The van der Waals surface area contributed by atoms with Crippen molar-refractivity contribution >= 4 is 34.4 Å². The largest absolute Gasteiger partial charge is 0.383 e. The lowest BCUT2D eigenvalue weighted by molar-refractivity contribution is -0.117. The summed E-state index contributed by atoms with van der Waals surface area (Å²) < 4.78 is 8.85. The van der Waals surface area contributed by atoms with Crippen LogP contribution in [0.2, 0.25) is 0 Å². The molecule has 35 heavy (non-hydrogen) atoms. The van der Waals surface area contributed by atoms with Gasteiger partial charge in [-0.1, -0.05) is 54.2 Å². The van der Waals surface area contributed by atoms with Crippen LogP contribution in [0.1, 0.15) is 18.4 Å². The molecule has 0 spiro atoms. The molecule has 5 rings (SSSR count). The molecule has 0 N–H and O–H groups in total. The van der Waals surface area contributed by atoms with Crippen molar-refractivity contribution < 1.29 is 9.53 Å². The number of hydrogen-bond acceptors (Lipinski definition) is 5. The van der Waals surface area contributed by atoms with Crippen LogP contribution in [0.5, 0.6) is 0 Å². The van der Waals surface area contributed by atoms with Crippen molar-refractivity contribution in [2.45, 2.75) is 30.3 Å². The van der Waals surface area contributed by atoms with E-state index in [-0.39, 0.29) is 11.5 Å². The minimum atomic E-state index is -0.0675. The summed E-state index contributed by atoms with van der Waals surface area (Å²) in [6.07, 6.45) is 3.51. The van der Waals surface area contributed by atoms with Gasteiger partial charge in [0.2, 0.25) is 5.91 Å². The quantitative estimate of drug-likeness (QED) is 0.270. The molecule has 1 aliphatic heterocycles. The zero-order valence-electron chi connectivity index (χ0n) is 19.9. The lowest BCUT2D eigenvalue weighted by Gasteiger charge is -2.16. The number of aryl methyl sites for hydroxylation is 1. The summed E-state index contributed by atoms with van der Waals surface area (Å²) in [6, 6.07) is 18.1. The second-order valence-corrected chi connectivity index (χ2v) is 9.61. The van der Waals surface area contributed by atoms with Crippen molar-refractivity contribution in [3.05, 3.63) is 76.7 Å². The number of rotatable bonds is 8. The number of methoxy groups -OCH3 is 1. The van der Waals surface area contributed by atoms with Crippen molar-refractivity contribution in [1.82, 2.24) is 14.1 Å².